The number of nitrogens with zero attached hydrogens (tertiary/aromatic N) is 5. The Hall–Kier alpha value is -2.13. The lowest BCUT2D eigenvalue weighted by Crippen LogP contribution is -2.28. The molecular formula is C14H13N5O2S2. The van der Waals surface area contributed by atoms with Crippen molar-refractivity contribution in [3.05, 3.63) is 33.9 Å². The lowest BCUT2D eigenvalue weighted by molar-refractivity contribution is 0.0794. The SMILES string of the molecule is Cc1nnsc1C(=O)N1CCC(c2noc(-c3cccs3)n2)C1. The van der Waals surface area contributed by atoms with E-state index in [4.69, 9.17) is 4.52 Å². The summed E-state index contributed by atoms with van der Waals surface area (Å²) in [6, 6.07) is 3.90. The van der Waals surface area contributed by atoms with Crippen LogP contribution in [0.25, 0.3) is 10.8 Å². The molecule has 4 heterocycles. The predicted molar refractivity (Wildman–Crippen MR) is 85.5 cm³/mol. The number of rotatable bonds is 3. The molecule has 0 aromatic carbocycles. The van der Waals surface area contributed by atoms with Gasteiger partial charge in [0.15, 0.2) is 5.82 Å². The van der Waals surface area contributed by atoms with Crippen LogP contribution >= 0.6 is 22.9 Å². The minimum absolute atomic E-state index is 0.0121. The number of hydrogen-bond acceptors (Lipinski definition) is 8. The third kappa shape index (κ3) is 2.66. The van der Waals surface area contributed by atoms with Crippen LogP contribution in [0.1, 0.15) is 33.5 Å². The van der Waals surface area contributed by atoms with E-state index in [-0.39, 0.29) is 11.8 Å². The first kappa shape index (κ1) is 14.5. The zero-order chi connectivity index (χ0) is 15.8. The molecule has 3 aromatic heterocycles. The van der Waals surface area contributed by atoms with E-state index in [9.17, 15) is 4.79 Å². The van der Waals surface area contributed by atoms with Crippen LogP contribution in [0, 0.1) is 6.92 Å². The van der Waals surface area contributed by atoms with Crippen molar-refractivity contribution in [3.8, 4) is 10.8 Å². The van der Waals surface area contributed by atoms with Gasteiger partial charge in [-0.3, -0.25) is 4.79 Å². The van der Waals surface area contributed by atoms with E-state index in [0.717, 1.165) is 22.8 Å². The number of amides is 1. The second kappa shape index (κ2) is 5.82. The first-order valence-electron chi connectivity index (χ1n) is 7.18. The van der Waals surface area contributed by atoms with E-state index < -0.39 is 0 Å². The maximum Gasteiger partial charge on any atom is 0.267 e. The highest BCUT2D eigenvalue weighted by Crippen LogP contribution is 2.30. The fourth-order valence-corrected chi connectivity index (χ4v) is 3.90. The molecule has 0 spiro atoms. The third-order valence-corrected chi connectivity index (χ3v) is 5.53. The molecule has 9 heteroatoms. The van der Waals surface area contributed by atoms with Gasteiger partial charge in [-0.25, -0.2) is 0 Å². The summed E-state index contributed by atoms with van der Waals surface area (Å²) in [7, 11) is 0. The minimum atomic E-state index is -0.0121. The Balaban J connectivity index is 1.48. The fraction of sp³-hybridized carbons (Fsp3) is 0.357. The molecule has 7 nitrogen and oxygen atoms in total. The summed E-state index contributed by atoms with van der Waals surface area (Å²) in [6.07, 6.45) is 0.834. The maximum atomic E-state index is 12.5. The zero-order valence-electron chi connectivity index (χ0n) is 12.3. The van der Waals surface area contributed by atoms with Gasteiger partial charge in [0, 0.05) is 19.0 Å². The highest BCUT2D eigenvalue weighted by Gasteiger charge is 2.32. The van der Waals surface area contributed by atoms with Crippen LogP contribution in [0.4, 0.5) is 0 Å². The number of carbonyl (C=O) groups excluding carboxylic acids is 1. The fourth-order valence-electron chi connectivity index (χ4n) is 2.63. The van der Waals surface area contributed by atoms with Gasteiger partial charge < -0.3 is 9.42 Å². The largest absolute Gasteiger partial charge is 0.337 e. The number of aryl methyl sites for hydroxylation is 1. The quantitative estimate of drug-likeness (QED) is 0.724. The highest BCUT2D eigenvalue weighted by molar-refractivity contribution is 7.13. The molecule has 1 unspecified atom stereocenters. The summed E-state index contributed by atoms with van der Waals surface area (Å²) in [4.78, 5) is 20.4. The Labute approximate surface area is 140 Å². The predicted octanol–water partition coefficient (Wildman–Crippen LogP) is 2.59. The lowest BCUT2D eigenvalue weighted by atomic mass is 10.1. The van der Waals surface area contributed by atoms with Gasteiger partial charge in [-0.15, -0.1) is 16.4 Å². The van der Waals surface area contributed by atoms with E-state index in [2.05, 4.69) is 19.7 Å². The van der Waals surface area contributed by atoms with Gasteiger partial charge in [-0.2, -0.15) is 4.98 Å². The minimum Gasteiger partial charge on any atom is -0.337 e. The molecule has 23 heavy (non-hydrogen) atoms. The molecule has 1 atom stereocenters. The standard InChI is InChI=1S/C14H13N5O2S2/c1-8-11(23-18-16-8)14(20)19-5-4-9(7-19)12-15-13(21-17-12)10-3-2-6-22-10/h2-3,6,9H,4-5,7H2,1H3. The molecule has 0 saturated carbocycles. The number of aromatic nitrogens is 4. The molecule has 1 fully saturated rings. The van der Waals surface area contributed by atoms with Crippen molar-refractivity contribution in [2.45, 2.75) is 19.3 Å². The Morgan fingerprint density at radius 2 is 2.39 bits per heavy atom. The Morgan fingerprint density at radius 1 is 1.48 bits per heavy atom. The van der Waals surface area contributed by atoms with Crippen molar-refractivity contribution in [3.63, 3.8) is 0 Å². The summed E-state index contributed by atoms with van der Waals surface area (Å²) in [6.45, 7) is 3.08. The monoisotopic (exact) mass is 347 g/mol. The van der Waals surface area contributed by atoms with Gasteiger partial charge in [0.05, 0.1) is 10.6 Å². The first-order chi connectivity index (χ1) is 11.2. The van der Waals surface area contributed by atoms with E-state index in [1.807, 2.05) is 22.4 Å². The molecular weight excluding hydrogens is 334 g/mol. The lowest BCUT2D eigenvalue weighted by Gasteiger charge is -2.14. The average Bonchev–Trinajstić information content (AvgIpc) is 3.31. The summed E-state index contributed by atoms with van der Waals surface area (Å²) >= 11 is 2.71. The van der Waals surface area contributed by atoms with Crippen LogP contribution in [-0.4, -0.2) is 43.6 Å². The molecule has 1 amide bonds. The molecule has 3 aromatic rings. The number of likely N-dealkylation sites (tertiary alicyclic amines) is 1. The Morgan fingerprint density at radius 3 is 3.13 bits per heavy atom. The summed E-state index contributed by atoms with van der Waals surface area (Å²) in [5.74, 6) is 1.31. The van der Waals surface area contributed by atoms with E-state index in [1.54, 1.807) is 18.3 Å². The van der Waals surface area contributed by atoms with Crippen molar-refractivity contribution in [1.29, 1.82) is 0 Å². The van der Waals surface area contributed by atoms with E-state index in [1.165, 1.54) is 0 Å². The van der Waals surface area contributed by atoms with Gasteiger partial charge in [0.1, 0.15) is 4.88 Å². The molecule has 0 aliphatic carbocycles. The van der Waals surface area contributed by atoms with Crippen LogP contribution in [0.3, 0.4) is 0 Å². The molecule has 118 valence electrons. The third-order valence-electron chi connectivity index (χ3n) is 3.86. The summed E-state index contributed by atoms with van der Waals surface area (Å²) in [5, 5.41) is 9.96. The number of thiophene rings is 1. The van der Waals surface area contributed by atoms with Crippen LogP contribution in [0.15, 0.2) is 22.0 Å². The van der Waals surface area contributed by atoms with Gasteiger partial charge in [-0.05, 0) is 36.3 Å². The maximum absolute atomic E-state index is 12.5. The molecule has 1 saturated heterocycles. The summed E-state index contributed by atoms with van der Waals surface area (Å²) in [5.41, 5.74) is 0.683. The first-order valence-corrected chi connectivity index (χ1v) is 8.83. The van der Waals surface area contributed by atoms with Crippen molar-refractivity contribution in [1.82, 2.24) is 24.6 Å². The van der Waals surface area contributed by atoms with Crippen LogP contribution in [-0.2, 0) is 0 Å². The number of carbonyl (C=O) groups is 1. The second-order valence-corrected chi connectivity index (χ2v) is 7.06. The topological polar surface area (TPSA) is 85.0 Å². The molecule has 1 aliphatic heterocycles. The smallest absolute Gasteiger partial charge is 0.267 e. The van der Waals surface area contributed by atoms with Crippen LogP contribution in [0.2, 0.25) is 0 Å². The van der Waals surface area contributed by atoms with Crippen molar-refractivity contribution >= 4 is 28.8 Å². The van der Waals surface area contributed by atoms with Crippen molar-refractivity contribution in [2.75, 3.05) is 13.1 Å². The molecule has 0 bridgehead atoms. The average molecular weight is 347 g/mol. The molecule has 0 radical (unpaired) electrons. The van der Waals surface area contributed by atoms with Gasteiger partial charge >= 0.3 is 0 Å². The normalized spacial score (nSPS) is 17.8. The van der Waals surface area contributed by atoms with Crippen LogP contribution in [0.5, 0.6) is 0 Å². The molecule has 4 rings (SSSR count). The Bertz CT molecular complexity index is 826. The number of hydrogen-bond donors (Lipinski definition) is 0. The summed E-state index contributed by atoms with van der Waals surface area (Å²) < 4.78 is 9.17. The molecule has 0 N–H and O–H groups in total. The van der Waals surface area contributed by atoms with Crippen molar-refractivity contribution in [2.24, 2.45) is 0 Å². The van der Waals surface area contributed by atoms with Gasteiger partial charge in [0.25, 0.3) is 11.8 Å². The van der Waals surface area contributed by atoms with Gasteiger partial charge in [0.2, 0.25) is 0 Å². The van der Waals surface area contributed by atoms with E-state index >= 15 is 0 Å². The Kier molecular flexibility index (Phi) is 3.66. The van der Waals surface area contributed by atoms with Crippen molar-refractivity contribution < 1.29 is 9.32 Å². The molecule has 1 aliphatic rings. The van der Waals surface area contributed by atoms with Crippen LogP contribution < -0.4 is 0 Å². The van der Waals surface area contributed by atoms with Gasteiger partial charge in [-0.1, -0.05) is 15.7 Å². The van der Waals surface area contributed by atoms with E-state index in [0.29, 0.717) is 35.4 Å². The zero-order valence-corrected chi connectivity index (χ0v) is 13.9. The highest BCUT2D eigenvalue weighted by atomic mass is 32.1. The second-order valence-electron chi connectivity index (χ2n) is 5.36.